The zero-order valence-electron chi connectivity index (χ0n) is 11.4. The number of hydrogen-bond donors (Lipinski definition) is 1. The molecule has 1 rings (SSSR count). The van der Waals surface area contributed by atoms with E-state index >= 15 is 0 Å². The van der Waals surface area contributed by atoms with Crippen molar-refractivity contribution in [3.8, 4) is 0 Å². The largest absolute Gasteiger partial charge is 0.311 e. The third-order valence-corrected chi connectivity index (χ3v) is 5.42. The van der Waals surface area contributed by atoms with Crippen LogP contribution in [-0.2, 0) is 9.84 Å². The average Bonchev–Trinajstić information content (AvgIpc) is 2.65. The second kappa shape index (κ2) is 6.16. The van der Waals surface area contributed by atoms with Crippen LogP contribution in [0.3, 0.4) is 0 Å². The van der Waals surface area contributed by atoms with Crippen molar-refractivity contribution in [1.29, 1.82) is 0 Å². The summed E-state index contributed by atoms with van der Waals surface area (Å²) in [4.78, 5) is 2.26. The smallest absolute Gasteiger partial charge is 0.151 e. The molecule has 1 fully saturated rings. The zero-order valence-corrected chi connectivity index (χ0v) is 12.3. The van der Waals surface area contributed by atoms with E-state index in [1.807, 2.05) is 0 Å². The maximum Gasteiger partial charge on any atom is 0.151 e. The molecule has 0 saturated heterocycles. The van der Waals surface area contributed by atoms with Crippen molar-refractivity contribution in [1.82, 2.24) is 10.2 Å². The number of hydrogen-bond acceptors (Lipinski definition) is 4. The third kappa shape index (κ3) is 4.56. The molecule has 0 aliphatic heterocycles. The maximum absolute atomic E-state index is 11.6. The predicted octanol–water partition coefficient (Wildman–Crippen LogP) is 0.882. The van der Waals surface area contributed by atoms with E-state index < -0.39 is 9.84 Å². The highest BCUT2D eigenvalue weighted by atomic mass is 32.2. The molecule has 0 aromatic heterocycles. The fraction of sp³-hybridized carbons (Fsp3) is 1.00. The molecule has 0 amide bonds. The Morgan fingerprint density at radius 1 is 1.35 bits per heavy atom. The summed E-state index contributed by atoms with van der Waals surface area (Å²) < 4.78 is 23.2. The van der Waals surface area contributed by atoms with Gasteiger partial charge in [0.1, 0.15) is 0 Å². The van der Waals surface area contributed by atoms with Gasteiger partial charge in [-0.3, -0.25) is 0 Å². The lowest BCUT2D eigenvalue weighted by atomic mass is 10.2. The molecular formula is C12H26N2O2S. The van der Waals surface area contributed by atoms with E-state index in [1.54, 1.807) is 0 Å². The van der Waals surface area contributed by atoms with Crippen molar-refractivity contribution >= 4 is 9.84 Å². The van der Waals surface area contributed by atoms with Crippen LogP contribution in [0.4, 0.5) is 0 Å². The standard InChI is InChI=1S/C12H26N2O2S/c1-10(2)14(3)9-8-13-11-6-5-7-12(11)17(4,15)16/h10-13H,5-9H2,1-4H3. The molecule has 0 bridgehead atoms. The van der Waals surface area contributed by atoms with Crippen LogP contribution in [0.1, 0.15) is 33.1 Å². The van der Waals surface area contributed by atoms with Gasteiger partial charge in [-0.2, -0.15) is 0 Å². The van der Waals surface area contributed by atoms with E-state index in [0.717, 1.165) is 32.4 Å². The minimum Gasteiger partial charge on any atom is -0.311 e. The van der Waals surface area contributed by atoms with Gasteiger partial charge in [0.2, 0.25) is 0 Å². The van der Waals surface area contributed by atoms with E-state index in [2.05, 4.69) is 31.1 Å². The minimum absolute atomic E-state index is 0.158. The molecule has 17 heavy (non-hydrogen) atoms. The Morgan fingerprint density at radius 3 is 2.53 bits per heavy atom. The summed E-state index contributed by atoms with van der Waals surface area (Å²) in [5.41, 5.74) is 0. The number of likely N-dealkylation sites (N-methyl/N-ethyl adjacent to an activating group) is 1. The Bertz CT molecular complexity index is 327. The summed E-state index contributed by atoms with van der Waals surface area (Å²) in [6.07, 6.45) is 4.19. The predicted molar refractivity (Wildman–Crippen MR) is 72.0 cm³/mol. The Kier molecular flexibility index (Phi) is 5.41. The normalized spacial score (nSPS) is 26.0. The Hall–Kier alpha value is -0.130. The molecule has 0 heterocycles. The average molecular weight is 262 g/mol. The van der Waals surface area contributed by atoms with Crippen LogP contribution in [0.15, 0.2) is 0 Å². The quantitative estimate of drug-likeness (QED) is 0.772. The molecule has 0 aromatic carbocycles. The molecule has 2 unspecified atom stereocenters. The number of sulfone groups is 1. The van der Waals surface area contributed by atoms with Crippen LogP contribution >= 0.6 is 0 Å². The highest BCUT2D eigenvalue weighted by Crippen LogP contribution is 2.24. The molecular weight excluding hydrogens is 236 g/mol. The summed E-state index contributed by atoms with van der Waals surface area (Å²) in [5, 5.41) is 3.23. The van der Waals surface area contributed by atoms with Crippen molar-refractivity contribution in [2.45, 2.75) is 50.4 Å². The molecule has 1 aliphatic rings. The Labute approximate surface area is 106 Å². The SMILES string of the molecule is CC(C)N(C)CCNC1CCCC1S(C)(=O)=O. The van der Waals surface area contributed by atoms with Crippen molar-refractivity contribution in [2.75, 3.05) is 26.4 Å². The van der Waals surface area contributed by atoms with E-state index in [4.69, 9.17) is 0 Å². The van der Waals surface area contributed by atoms with Crippen LogP contribution < -0.4 is 5.32 Å². The minimum atomic E-state index is -2.89. The Balaban J connectivity index is 2.37. The second-order valence-corrected chi connectivity index (χ2v) is 7.70. The van der Waals surface area contributed by atoms with Gasteiger partial charge in [-0.25, -0.2) is 8.42 Å². The number of nitrogens with one attached hydrogen (secondary N) is 1. The first-order chi connectivity index (χ1) is 7.82. The number of nitrogens with zero attached hydrogens (tertiary/aromatic N) is 1. The Morgan fingerprint density at radius 2 is 2.00 bits per heavy atom. The number of rotatable bonds is 6. The third-order valence-electron chi connectivity index (χ3n) is 3.76. The van der Waals surface area contributed by atoms with Gasteiger partial charge in [-0.05, 0) is 33.7 Å². The van der Waals surface area contributed by atoms with Crippen LogP contribution in [0.5, 0.6) is 0 Å². The fourth-order valence-electron chi connectivity index (χ4n) is 2.36. The molecule has 0 radical (unpaired) electrons. The van der Waals surface area contributed by atoms with Gasteiger partial charge in [-0.1, -0.05) is 6.42 Å². The monoisotopic (exact) mass is 262 g/mol. The highest BCUT2D eigenvalue weighted by molar-refractivity contribution is 7.91. The van der Waals surface area contributed by atoms with E-state index in [1.165, 1.54) is 6.26 Å². The van der Waals surface area contributed by atoms with Crippen molar-refractivity contribution in [3.05, 3.63) is 0 Å². The lowest BCUT2D eigenvalue weighted by Gasteiger charge is -2.24. The topological polar surface area (TPSA) is 49.4 Å². The second-order valence-electron chi connectivity index (χ2n) is 5.43. The molecule has 2 atom stereocenters. The van der Waals surface area contributed by atoms with Gasteiger partial charge in [0.15, 0.2) is 9.84 Å². The van der Waals surface area contributed by atoms with E-state index in [-0.39, 0.29) is 11.3 Å². The van der Waals surface area contributed by atoms with E-state index in [0.29, 0.717) is 6.04 Å². The maximum atomic E-state index is 11.6. The lowest BCUT2D eigenvalue weighted by Crippen LogP contribution is -2.43. The molecule has 1 saturated carbocycles. The molecule has 1 aliphatic carbocycles. The molecule has 102 valence electrons. The van der Waals surface area contributed by atoms with Crippen molar-refractivity contribution in [2.24, 2.45) is 0 Å². The van der Waals surface area contributed by atoms with Gasteiger partial charge in [0, 0.05) is 31.4 Å². The van der Waals surface area contributed by atoms with Gasteiger partial charge >= 0.3 is 0 Å². The first kappa shape index (κ1) is 14.9. The molecule has 0 aromatic rings. The summed E-state index contributed by atoms with van der Waals surface area (Å²) in [6, 6.07) is 0.691. The summed E-state index contributed by atoms with van der Waals surface area (Å²) in [7, 11) is -0.803. The van der Waals surface area contributed by atoms with Gasteiger partial charge < -0.3 is 10.2 Å². The summed E-state index contributed by atoms with van der Waals surface area (Å²) in [6.45, 7) is 6.15. The van der Waals surface area contributed by atoms with Gasteiger partial charge in [-0.15, -0.1) is 0 Å². The molecule has 1 N–H and O–H groups in total. The molecule has 0 spiro atoms. The van der Waals surface area contributed by atoms with Crippen LogP contribution in [0, 0.1) is 0 Å². The van der Waals surface area contributed by atoms with Crippen molar-refractivity contribution < 1.29 is 8.42 Å². The summed E-state index contributed by atoms with van der Waals surface area (Å²) >= 11 is 0. The molecule has 5 heteroatoms. The zero-order chi connectivity index (χ0) is 13.1. The lowest BCUT2D eigenvalue weighted by molar-refractivity contribution is 0.269. The van der Waals surface area contributed by atoms with Gasteiger partial charge in [0.05, 0.1) is 5.25 Å². The first-order valence-electron chi connectivity index (χ1n) is 6.45. The first-order valence-corrected chi connectivity index (χ1v) is 8.40. The highest BCUT2D eigenvalue weighted by Gasteiger charge is 2.34. The summed E-state index contributed by atoms with van der Waals surface area (Å²) in [5.74, 6) is 0. The van der Waals surface area contributed by atoms with Crippen LogP contribution in [0.25, 0.3) is 0 Å². The van der Waals surface area contributed by atoms with E-state index in [9.17, 15) is 8.42 Å². The molecule has 4 nitrogen and oxygen atoms in total. The fourth-order valence-corrected chi connectivity index (χ4v) is 3.78. The van der Waals surface area contributed by atoms with Gasteiger partial charge in [0.25, 0.3) is 0 Å². The van der Waals surface area contributed by atoms with Crippen LogP contribution in [0.2, 0.25) is 0 Å². The van der Waals surface area contributed by atoms with Crippen molar-refractivity contribution in [3.63, 3.8) is 0 Å². The van der Waals surface area contributed by atoms with Crippen LogP contribution in [-0.4, -0.2) is 57.0 Å².